The molecule has 8 heteroatoms. The van der Waals surface area contributed by atoms with Crippen molar-refractivity contribution in [2.24, 2.45) is 0 Å². The van der Waals surface area contributed by atoms with Gasteiger partial charge in [-0.05, 0) is 24.3 Å². The van der Waals surface area contributed by atoms with Crippen molar-refractivity contribution in [1.29, 1.82) is 0 Å². The molecule has 0 N–H and O–H groups in total. The highest BCUT2D eigenvalue weighted by Crippen LogP contribution is 2.19. The average Bonchev–Trinajstić information content (AvgIpc) is 2.91. The lowest BCUT2D eigenvalue weighted by Crippen LogP contribution is -2.30. The van der Waals surface area contributed by atoms with E-state index in [2.05, 4.69) is 10.2 Å². The molecule has 2 aromatic heterocycles. The van der Waals surface area contributed by atoms with E-state index in [4.69, 9.17) is 20.4 Å². The zero-order valence-corrected chi connectivity index (χ0v) is 13.1. The van der Waals surface area contributed by atoms with Crippen LogP contribution in [0.5, 0.6) is 0 Å². The molecule has 0 saturated carbocycles. The number of hydrogen-bond acceptors (Lipinski definition) is 6. The second kappa shape index (κ2) is 5.85. The van der Waals surface area contributed by atoms with Gasteiger partial charge in [0, 0.05) is 24.4 Å². The van der Waals surface area contributed by atoms with Crippen LogP contribution in [-0.4, -0.2) is 28.1 Å². The molecule has 0 spiro atoms. The summed E-state index contributed by atoms with van der Waals surface area (Å²) in [5.74, 6) is 0.184. The zero-order chi connectivity index (χ0) is 16.6. The van der Waals surface area contributed by atoms with Crippen LogP contribution in [0.15, 0.2) is 37.9 Å². The number of amides is 1. The van der Waals surface area contributed by atoms with E-state index in [1.807, 2.05) is 0 Å². The van der Waals surface area contributed by atoms with Crippen LogP contribution < -0.4 is 5.63 Å². The van der Waals surface area contributed by atoms with Gasteiger partial charge in [-0.15, -0.1) is 10.2 Å². The van der Waals surface area contributed by atoms with Gasteiger partial charge in [-0.3, -0.25) is 4.79 Å². The number of aryl methyl sites for hydroxylation is 1. The summed E-state index contributed by atoms with van der Waals surface area (Å²) in [6, 6.07) is 6.28. The van der Waals surface area contributed by atoms with Crippen molar-refractivity contribution in [3.8, 4) is 0 Å². The monoisotopic (exact) mass is 333 g/mol. The highest BCUT2D eigenvalue weighted by atomic mass is 35.5. The van der Waals surface area contributed by atoms with E-state index in [-0.39, 0.29) is 18.0 Å². The Hall–Kier alpha value is -2.67. The van der Waals surface area contributed by atoms with Gasteiger partial charge in [0.25, 0.3) is 5.91 Å². The Morgan fingerprint density at radius 1 is 1.26 bits per heavy atom. The summed E-state index contributed by atoms with van der Waals surface area (Å²) >= 11 is 5.92. The number of benzene rings is 1. The molecule has 3 rings (SSSR count). The Bertz CT molecular complexity index is 947. The number of hydrogen-bond donors (Lipinski definition) is 0. The molecular weight excluding hydrogens is 322 g/mol. The van der Waals surface area contributed by atoms with Crippen LogP contribution in [0.2, 0.25) is 5.02 Å². The highest BCUT2D eigenvalue weighted by Gasteiger charge is 2.19. The molecule has 118 valence electrons. The molecule has 0 fully saturated rings. The summed E-state index contributed by atoms with van der Waals surface area (Å²) in [6.45, 7) is 1.74. The van der Waals surface area contributed by atoms with Crippen LogP contribution in [0.1, 0.15) is 22.1 Å². The maximum atomic E-state index is 12.4. The SMILES string of the molecule is Cc1nnc(CN(C)C(=O)c2cc3cc(Cl)ccc3oc2=O)o1. The molecule has 7 nitrogen and oxygen atoms in total. The molecule has 0 aliphatic carbocycles. The molecule has 0 bridgehead atoms. The normalized spacial score (nSPS) is 10.9. The Labute approximate surface area is 135 Å². The second-order valence-electron chi connectivity index (χ2n) is 5.01. The number of rotatable bonds is 3. The van der Waals surface area contributed by atoms with Gasteiger partial charge >= 0.3 is 5.63 Å². The summed E-state index contributed by atoms with van der Waals surface area (Å²) in [4.78, 5) is 25.8. The summed E-state index contributed by atoms with van der Waals surface area (Å²) in [5, 5.41) is 8.56. The third-order valence-corrected chi connectivity index (χ3v) is 3.45. The van der Waals surface area contributed by atoms with Gasteiger partial charge in [-0.1, -0.05) is 11.6 Å². The van der Waals surface area contributed by atoms with E-state index in [9.17, 15) is 9.59 Å². The van der Waals surface area contributed by atoms with Crippen LogP contribution in [0.4, 0.5) is 0 Å². The van der Waals surface area contributed by atoms with Crippen LogP contribution in [0, 0.1) is 6.92 Å². The number of fused-ring (bicyclic) bond motifs is 1. The van der Waals surface area contributed by atoms with Crippen molar-refractivity contribution in [3.05, 3.63) is 57.1 Å². The third kappa shape index (κ3) is 3.09. The smallest absolute Gasteiger partial charge is 0.349 e. The van der Waals surface area contributed by atoms with E-state index in [1.165, 1.54) is 18.0 Å². The van der Waals surface area contributed by atoms with Crippen LogP contribution in [0.3, 0.4) is 0 Å². The summed E-state index contributed by atoms with van der Waals surface area (Å²) in [7, 11) is 1.53. The standard InChI is InChI=1S/C15H12ClN3O4/c1-8-17-18-13(22-8)7-19(2)14(20)11-6-9-5-10(16)3-4-12(9)23-15(11)21/h3-6H,7H2,1-2H3. The quantitative estimate of drug-likeness (QED) is 0.684. The van der Waals surface area contributed by atoms with Gasteiger partial charge < -0.3 is 13.7 Å². The molecule has 2 heterocycles. The number of carbonyl (C=O) groups excluding carboxylic acids is 1. The predicted octanol–water partition coefficient (Wildman–Crippen LogP) is 2.41. The van der Waals surface area contributed by atoms with Crippen LogP contribution >= 0.6 is 11.6 Å². The summed E-state index contributed by atoms with van der Waals surface area (Å²) in [6.07, 6.45) is 0. The minimum absolute atomic E-state index is 0.0847. The number of halogens is 1. The van der Waals surface area contributed by atoms with Crippen molar-refractivity contribution in [1.82, 2.24) is 15.1 Å². The van der Waals surface area contributed by atoms with Gasteiger partial charge in [0.1, 0.15) is 11.1 Å². The second-order valence-corrected chi connectivity index (χ2v) is 5.44. The summed E-state index contributed by atoms with van der Waals surface area (Å²) < 4.78 is 10.4. The maximum absolute atomic E-state index is 12.4. The lowest BCUT2D eigenvalue weighted by atomic mass is 10.1. The van der Waals surface area contributed by atoms with Gasteiger partial charge in [-0.25, -0.2) is 4.79 Å². The number of aromatic nitrogens is 2. The first-order valence-electron chi connectivity index (χ1n) is 6.72. The molecule has 0 radical (unpaired) electrons. The van der Waals surface area contributed by atoms with Crippen LogP contribution in [-0.2, 0) is 6.54 Å². The first kappa shape index (κ1) is 15.2. The van der Waals surface area contributed by atoms with Crippen molar-refractivity contribution < 1.29 is 13.6 Å². The number of nitrogens with zero attached hydrogens (tertiary/aromatic N) is 3. The van der Waals surface area contributed by atoms with Gasteiger partial charge in [-0.2, -0.15) is 0 Å². The molecule has 0 aliphatic heterocycles. The highest BCUT2D eigenvalue weighted by molar-refractivity contribution is 6.31. The van der Waals surface area contributed by atoms with Gasteiger partial charge in [0.15, 0.2) is 0 Å². The minimum Gasteiger partial charge on any atom is -0.424 e. The molecule has 1 aromatic carbocycles. The molecule has 23 heavy (non-hydrogen) atoms. The third-order valence-electron chi connectivity index (χ3n) is 3.21. The molecule has 3 aromatic rings. The maximum Gasteiger partial charge on any atom is 0.349 e. The fourth-order valence-electron chi connectivity index (χ4n) is 2.13. The van der Waals surface area contributed by atoms with E-state index in [0.717, 1.165) is 0 Å². The fraction of sp³-hybridized carbons (Fsp3) is 0.200. The van der Waals surface area contributed by atoms with Gasteiger partial charge in [0.2, 0.25) is 11.8 Å². The van der Waals surface area contributed by atoms with Crippen molar-refractivity contribution in [3.63, 3.8) is 0 Å². The number of carbonyl (C=O) groups is 1. The molecule has 0 unspecified atom stereocenters. The first-order valence-corrected chi connectivity index (χ1v) is 7.09. The molecule has 0 aliphatic rings. The van der Waals surface area contributed by atoms with E-state index in [0.29, 0.717) is 21.9 Å². The lowest BCUT2D eigenvalue weighted by molar-refractivity contribution is 0.0768. The van der Waals surface area contributed by atoms with E-state index < -0.39 is 11.5 Å². The molecule has 1 amide bonds. The van der Waals surface area contributed by atoms with Crippen molar-refractivity contribution in [2.45, 2.75) is 13.5 Å². The van der Waals surface area contributed by atoms with E-state index >= 15 is 0 Å². The molecule has 0 saturated heterocycles. The minimum atomic E-state index is -0.710. The predicted molar refractivity (Wildman–Crippen MR) is 82.3 cm³/mol. The topological polar surface area (TPSA) is 89.4 Å². The fourth-order valence-corrected chi connectivity index (χ4v) is 2.31. The first-order chi connectivity index (χ1) is 10.9. The summed E-state index contributed by atoms with van der Waals surface area (Å²) in [5.41, 5.74) is -0.428. The lowest BCUT2D eigenvalue weighted by Gasteiger charge is -2.14. The Morgan fingerprint density at radius 3 is 2.74 bits per heavy atom. The Balaban J connectivity index is 1.93. The van der Waals surface area contributed by atoms with E-state index in [1.54, 1.807) is 25.1 Å². The van der Waals surface area contributed by atoms with Gasteiger partial charge in [0.05, 0.1) is 6.54 Å². The largest absolute Gasteiger partial charge is 0.424 e. The molecular formula is C15H12ClN3O4. The molecule has 0 atom stereocenters. The zero-order valence-electron chi connectivity index (χ0n) is 12.4. The Kier molecular flexibility index (Phi) is 3.87. The van der Waals surface area contributed by atoms with Crippen molar-refractivity contribution >= 4 is 28.5 Å². The van der Waals surface area contributed by atoms with Crippen LogP contribution in [0.25, 0.3) is 11.0 Å². The Morgan fingerprint density at radius 2 is 2.04 bits per heavy atom. The van der Waals surface area contributed by atoms with Crippen molar-refractivity contribution in [2.75, 3.05) is 7.05 Å². The average molecular weight is 334 g/mol.